The van der Waals surface area contributed by atoms with Crippen molar-refractivity contribution in [3.63, 3.8) is 0 Å². The summed E-state index contributed by atoms with van der Waals surface area (Å²) in [5.74, 6) is 0.672. The van der Waals surface area contributed by atoms with E-state index >= 15 is 0 Å². The molecule has 118 valence electrons. The van der Waals surface area contributed by atoms with Crippen LogP contribution in [0.3, 0.4) is 0 Å². The van der Waals surface area contributed by atoms with E-state index in [1.165, 1.54) is 11.5 Å². The van der Waals surface area contributed by atoms with E-state index in [1.807, 2.05) is 0 Å². The number of anilines is 1. The predicted octanol–water partition coefficient (Wildman–Crippen LogP) is 0.0791. The number of aromatic nitrogens is 4. The molecule has 1 fully saturated rings. The molecule has 0 saturated carbocycles. The molecule has 1 N–H and O–H groups in total. The first-order chi connectivity index (χ1) is 10.7. The minimum atomic E-state index is -0.136. The lowest BCUT2D eigenvalue weighted by atomic mass is 10.1. The molecule has 2 aromatic rings. The van der Waals surface area contributed by atoms with E-state index in [0.29, 0.717) is 12.3 Å². The Bertz CT molecular complexity index is 649. The maximum absolute atomic E-state index is 12.0. The molecule has 0 unspecified atom stereocenters. The average Bonchev–Trinajstić information content (AvgIpc) is 3.09. The molecule has 22 heavy (non-hydrogen) atoms. The monoisotopic (exact) mass is 322 g/mol. The summed E-state index contributed by atoms with van der Waals surface area (Å²) in [7, 11) is 3.45. The number of amides is 1. The van der Waals surface area contributed by atoms with Gasteiger partial charge >= 0.3 is 0 Å². The summed E-state index contributed by atoms with van der Waals surface area (Å²) in [6.45, 7) is 2.12. The van der Waals surface area contributed by atoms with Crippen LogP contribution in [0.4, 0.5) is 5.13 Å². The van der Waals surface area contributed by atoms with Gasteiger partial charge in [0.1, 0.15) is 11.5 Å². The molecule has 0 aliphatic carbocycles. The fourth-order valence-corrected chi connectivity index (χ4v) is 2.92. The van der Waals surface area contributed by atoms with Crippen molar-refractivity contribution in [1.82, 2.24) is 24.5 Å². The number of carbonyl (C=O) groups is 1. The maximum atomic E-state index is 12.0. The third-order valence-corrected chi connectivity index (χ3v) is 4.24. The van der Waals surface area contributed by atoms with Gasteiger partial charge in [-0.2, -0.15) is 9.47 Å². The summed E-state index contributed by atoms with van der Waals surface area (Å²) in [5, 5.41) is 7.95. The van der Waals surface area contributed by atoms with E-state index in [1.54, 1.807) is 31.1 Å². The van der Waals surface area contributed by atoms with Gasteiger partial charge in [0.05, 0.1) is 12.6 Å². The van der Waals surface area contributed by atoms with E-state index in [-0.39, 0.29) is 11.9 Å². The first-order valence-electron chi connectivity index (χ1n) is 7.02. The minimum Gasteiger partial charge on any atom is -0.384 e. The number of nitrogens with zero attached hydrogens (tertiary/aromatic N) is 5. The summed E-state index contributed by atoms with van der Waals surface area (Å²) in [6.07, 6.45) is 2.48. The number of aryl methyl sites for hydroxylation is 1. The lowest BCUT2D eigenvalue weighted by molar-refractivity contribution is 0.0924. The Morgan fingerprint density at radius 2 is 2.36 bits per heavy atom. The highest BCUT2D eigenvalue weighted by Crippen LogP contribution is 2.23. The highest BCUT2D eigenvalue weighted by atomic mass is 32.1. The van der Waals surface area contributed by atoms with Crippen LogP contribution in [0.2, 0.25) is 0 Å². The van der Waals surface area contributed by atoms with E-state index in [9.17, 15) is 4.79 Å². The van der Waals surface area contributed by atoms with Crippen molar-refractivity contribution in [1.29, 1.82) is 0 Å². The Kier molecular flexibility index (Phi) is 4.34. The summed E-state index contributed by atoms with van der Waals surface area (Å²) in [6, 6.07) is 1.83. The zero-order chi connectivity index (χ0) is 15.5. The van der Waals surface area contributed by atoms with E-state index in [0.717, 1.165) is 30.5 Å². The van der Waals surface area contributed by atoms with Gasteiger partial charge in [0, 0.05) is 51.4 Å². The van der Waals surface area contributed by atoms with Gasteiger partial charge in [-0.25, -0.2) is 4.98 Å². The van der Waals surface area contributed by atoms with Gasteiger partial charge in [-0.05, 0) is 6.07 Å². The topological polar surface area (TPSA) is 85.2 Å². The molecule has 9 heteroatoms. The van der Waals surface area contributed by atoms with Gasteiger partial charge < -0.3 is 15.0 Å². The molecule has 1 saturated heterocycles. The maximum Gasteiger partial charge on any atom is 0.272 e. The third-order valence-electron chi connectivity index (χ3n) is 3.42. The molecule has 1 amide bonds. The smallest absolute Gasteiger partial charge is 0.272 e. The van der Waals surface area contributed by atoms with Crippen molar-refractivity contribution in [2.75, 3.05) is 31.7 Å². The second-order valence-corrected chi connectivity index (χ2v) is 5.92. The third kappa shape index (κ3) is 3.25. The van der Waals surface area contributed by atoms with Gasteiger partial charge in [0.15, 0.2) is 0 Å². The van der Waals surface area contributed by atoms with Crippen molar-refractivity contribution >= 4 is 22.6 Å². The second kappa shape index (κ2) is 6.41. The van der Waals surface area contributed by atoms with Crippen molar-refractivity contribution in [3.05, 3.63) is 23.8 Å². The molecular formula is C13H18N6O2S. The minimum absolute atomic E-state index is 0.126. The molecule has 0 aromatic carbocycles. The Balaban J connectivity index is 1.47. The molecule has 0 spiro atoms. The number of carbonyl (C=O) groups excluding carboxylic acids is 1. The number of ether oxygens (including phenoxy) is 1. The fourth-order valence-electron chi connectivity index (χ4n) is 2.19. The number of hydrogen-bond donors (Lipinski definition) is 1. The van der Waals surface area contributed by atoms with Gasteiger partial charge in [-0.15, -0.1) is 0 Å². The first-order valence-corrected chi connectivity index (χ1v) is 7.80. The van der Waals surface area contributed by atoms with Crippen molar-refractivity contribution < 1.29 is 9.53 Å². The van der Waals surface area contributed by atoms with Crippen molar-refractivity contribution in [3.8, 4) is 0 Å². The highest BCUT2D eigenvalue weighted by molar-refractivity contribution is 7.09. The summed E-state index contributed by atoms with van der Waals surface area (Å²) in [5.41, 5.74) is 0.443. The largest absolute Gasteiger partial charge is 0.384 e. The lowest BCUT2D eigenvalue weighted by Crippen LogP contribution is -2.59. The van der Waals surface area contributed by atoms with Gasteiger partial charge in [0.25, 0.3) is 5.91 Å². The van der Waals surface area contributed by atoms with Gasteiger partial charge in [-0.1, -0.05) is 0 Å². The quantitative estimate of drug-likeness (QED) is 0.811. The molecular weight excluding hydrogens is 304 g/mol. The van der Waals surface area contributed by atoms with E-state index in [4.69, 9.17) is 4.74 Å². The summed E-state index contributed by atoms with van der Waals surface area (Å²) >= 11 is 1.39. The molecule has 3 rings (SSSR count). The standard InChI is InChI=1S/C13H18N6O2S/c1-18-5-3-10(16-18)12(20)14-9-7-19(8-9)13-15-11(17-22-13)4-6-21-2/h3,5,9H,4,6-8H2,1-2H3,(H,14,20). The van der Waals surface area contributed by atoms with Crippen LogP contribution in [0.1, 0.15) is 16.3 Å². The second-order valence-electron chi connectivity index (χ2n) is 5.19. The van der Waals surface area contributed by atoms with Crippen LogP contribution in [0.15, 0.2) is 12.3 Å². The Hall–Kier alpha value is -2.00. The highest BCUT2D eigenvalue weighted by Gasteiger charge is 2.31. The zero-order valence-electron chi connectivity index (χ0n) is 12.5. The molecule has 0 radical (unpaired) electrons. The Labute approximate surface area is 132 Å². The lowest BCUT2D eigenvalue weighted by Gasteiger charge is -2.38. The number of rotatable bonds is 6. The Morgan fingerprint density at radius 1 is 1.55 bits per heavy atom. The van der Waals surface area contributed by atoms with E-state index in [2.05, 4.69) is 24.7 Å². The summed E-state index contributed by atoms with van der Waals surface area (Å²) < 4.78 is 10.9. The van der Waals surface area contributed by atoms with Gasteiger partial charge in [-0.3, -0.25) is 9.48 Å². The van der Waals surface area contributed by atoms with Crippen LogP contribution in [-0.4, -0.2) is 57.9 Å². The Morgan fingerprint density at radius 3 is 3.05 bits per heavy atom. The van der Waals surface area contributed by atoms with Crippen LogP contribution in [-0.2, 0) is 18.2 Å². The molecule has 8 nitrogen and oxygen atoms in total. The van der Waals surface area contributed by atoms with Crippen LogP contribution in [0.25, 0.3) is 0 Å². The average molecular weight is 322 g/mol. The fraction of sp³-hybridized carbons (Fsp3) is 0.538. The molecule has 1 aliphatic rings. The normalized spacial score (nSPS) is 14.9. The predicted molar refractivity (Wildman–Crippen MR) is 82.2 cm³/mol. The number of nitrogens with one attached hydrogen (secondary N) is 1. The number of hydrogen-bond acceptors (Lipinski definition) is 7. The van der Waals surface area contributed by atoms with Gasteiger partial charge in [0.2, 0.25) is 5.13 Å². The van der Waals surface area contributed by atoms with Crippen LogP contribution < -0.4 is 10.2 Å². The van der Waals surface area contributed by atoms with Crippen LogP contribution in [0.5, 0.6) is 0 Å². The van der Waals surface area contributed by atoms with Crippen molar-refractivity contribution in [2.45, 2.75) is 12.5 Å². The van der Waals surface area contributed by atoms with Crippen LogP contribution in [0, 0.1) is 0 Å². The molecule has 0 atom stereocenters. The summed E-state index contributed by atoms with van der Waals surface area (Å²) in [4.78, 5) is 18.6. The molecule has 1 aliphatic heterocycles. The molecule has 3 heterocycles. The molecule has 0 bridgehead atoms. The zero-order valence-corrected chi connectivity index (χ0v) is 13.3. The van der Waals surface area contributed by atoms with E-state index < -0.39 is 0 Å². The number of methoxy groups -OCH3 is 1. The van der Waals surface area contributed by atoms with Crippen LogP contribution >= 0.6 is 11.5 Å². The molecule has 2 aromatic heterocycles. The SMILES string of the molecule is COCCc1nsc(N2CC(NC(=O)c3ccn(C)n3)C2)n1. The van der Waals surface area contributed by atoms with Crippen molar-refractivity contribution in [2.24, 2.45) is 7.05 Å². The first kappa shape index (κ1) is 14.9.